The molecule has 12 aromatic rings. The Morgan fingerprint density at radius 1 is 0.393 bits per heavy atom. The number of pyridine rings is 2. The number of hydrogen-bond acceptors (Lipinski definition) is 17. The molecule has 39 heteroatoms. The predicted molar refractivity (Wildman–Crippen MR) is 524 cm³/mol. The van der Waals surface area contributed by atoms with Gasteiger partial charge in [0.1, 0.15) is 82.2 Å². The second kappa shape index (κ2) is 45.9. The number of rotatable bonds is 26. The zero-order chi connectivity index (χ0) is 110. The number of imidazole rings is 1. The highest BCUT2D eigenvalue weighted by molar-refractivity contribution is 5.82. The number of halogens is 16. The fraction of sp³-hybridized carbons (Fsp3) is 0.351. The second-order valence-electron chi connectivity index (χ2n) is 38.1. The largest absolute Gasteiger partial charge is 0.619 e. The number of carbonyl (C=O) groups is 4. The number of nitrogens with zero attached hydrogens (tertiary/aromatic N) is 9. The number of aromatic nitrogens is 4. The Labute approximate surface area is 855 Å². The Kier molecular flexibility index (Phi) is 34.3. The van der Waals surface area contributed by atoms with E-state index in [0.29, 0.717) is 95.0 Å². The maximum Gasteiger partial charge on any atom is 0.416 e. The van der Waals surface area contributed by atoms with E-state index in [1.165, 1.54) is 140 Å². The van der Waals surface area contributed by atoms with Gasteiger partial charge in [-0.25, -0.2) is 46.7 Å². The molecule has 0 bridgehead atoms. The fourth-order valence-corrected chi connectivity index (χ4v) is 18.5. The first kappa shape index (κ1) is 112. The number of cyclic esters (lactones) is 4. The van der Waals surface area contributed by atoms with Crippen molar-refractivity contribution in [3.05, 3.63) is 330 Å². The Morgan fingerprint density at radius 3 is 0.973 bits per heavy atom. The van der Waals surface area contributed by atoms with Crippen LogP contribution >= 0.6 is 0 Å². The number of hydrogen-bond donors (Lipinski definition) is 1. The number of amides is 4. The monoisotopic (exact) mass is 2090 g/mol. The van der Waals surface area contributed by atoms with Crippen LogP contribution in [-0.4, -0.2) is 131 Å². The summed E-state index contributed by atoms with van der Waals surface area (Å²) in [5, 5.41) is 20.5. The molecule has 16 rings (SSSR count). The van der Waals surface area contributed by atoms with Gasteiger partial charge in [0.25, 0.3) is 0 Å². The van der Waals surface area contributed by atoms with Gasteiger partial charge in [0.05, 0.1) is 101 Å². The standard InChI is InChI=1S/C31H34F4N2O3.C28H25F4N3O3.C27H26F4N2O4.C25H25F4N3O3/c1-18(2)25-14-26(28(39-6)15-27(25)32)24-11-10-23(31(33,34)35)13-22(24)17-37-19(3)29(40-30(37)38)21-9-7-8-20(12-21)16-36(4)5;1-15(2)22-11-23(25(37-4)12-24(22)29)21-6-5-19(28(30,31)32)9-18(21)14-35-16(3)26(38-27(35)36)17-7-8-34-20(10-17)13-33;1-15(2)21-12-22(24(36-4)13-23(21)28)20-6-5-19(27(29,30)31)11-18(20)14-33-16(3)25(37-26(33)34)17-7-9-32(35)10-8-17;1-13(2)18-10-19(21(34-4)11-20(18)26)17-6-5-16(25(27,28)29)9-15(17)12-32-14(3)22(35-24(32)33)23-30-7-8-31-23/h7-15,18-19,29H,16-17H2,1-6H3;5-12,15-16,26H,14H2,1-4H3;5-13,15-16,25H,14H2,1-4H3;5-11,13-14,22H,12H2,1-4H3,(H,30,31)/t19-,29-;16-,26-;16-,25-;14-,22-/m0000/s1. The second-order valence-corrected chi connectivity index (χ2v) is 38.1. The van der Waals surface area contributed by atoms with Gasteiger partial charge < -0.3 is 53.0 Å². The van der Waals surface area contributed by atoms with E-state index in [9.17, 15) is 94.6 Å². The highest BCUT2D eigenvalue weighted by atomic mass is 19.4. The molecule has 0 unspecified atom stereocenters. The molecule has 0 radical (unpaired) electrons. The first-order valence-corrected chi connectivity index (χ1v) is 47.6. The van der Waals surface area contributed by atoms with Crippen LogP contribution in [0.5, 0.6) is 23.0 Å². The van der Waals surface area contributed by atoms with Gasteiger partial charge in [-0.3, -0.25) is 19.6 Å². The van der Waals surface area contributed by atoms with Crippen molar-refractivity contribution in [3.8, 4) is 73.6 Å². The Bertz CT molecular complexity index is 6970. The van der Waals surface area contributed by atoms with Crippen LogP contribution in [0.1, 0.15) is 232 Å². The molecule has 4 aliphatic heterocycles. The molecule has 9 aromatic carbocycles. The molecule has 0 aliphatic carbocycles. The summed E-state index contributed by atoms with van der Waals surface area (Å²) >= 11 is 0. The lowest BCUT2D eigenvalue weighted by Gasteiger charge is -2.24. The highest BCUT2D eigenvalue weighted by Gasteiger charge is 2.47. The number of aromatic amines is 1. The van der Waals surface area contributed by atoms with Gasteiger partial charge in [0.2, 0.25) is 0 Å². The Hall–Kier alpha value is -15.1. The molecular weight excluding hydrogens is 1990 g/mol. The summed E-state index contributed by atoms with van der Waals surface area (Å²) in [6.45, 7) is 21.5. The quantitative estimate of drug-likeness (QED) is 0.0229. The average Bonchev–Trinajstić information content (AvgIpc) is 1.51. The normalized spacial score (nSPS) is 17.8. The van der Waals surface area contributed by atoms with Crippen LogP contribution < -0.4 is 23.7 Å². The molecule has 794 valence electrons. The molecule has 4 aliphatic rings. The topological polar surface area (TPSA) is 251 Å². The van der Waals surface area contributed by atoms with Gasteiger partial charge in [-0.15, -0.1) is 0 Å². The molecule has 1 N–H and O–H groups in total. The molecular formula is C111H110F16N10O13. The van der Waals surface area contributed by atoms with Crippen molar-refractivity contribution in [2.75, 3.05) is 42.5 Å². The summed E-state index contributed by atoms with van der Waals surface area (Å²) in [5.41, 5.74) is 5.40. The summed E-state index contributed by atoms with van der Waals surface area (Å²) < 4.78 is 267. The van der Waals surface area contributed by atoms with Crippen molar-refractivity contribution < 1.29 is 132 Å². The first-order valence-electron chi connectivity index (χ1n) is 47.6. The molecule has 23 nitrogen and oxygen atoms in total. The molecule has 150 heavy (non-hydrogen) atoms. The van der Waals surface area contributed by atoms with Crippen LogP contribution in [0.15, 0.2) is 201 Å². The number of methoxy groups -OCH3 is 4. The molecule has 4 amide bonds. The number of nitriles is 1. The highest BCUT2D eigenvalue weighted by Crippen LogP contribution is 2.50. The van der Waals surface area contributed by atoms with Crippen molar-refractivity contribution in [1.29, 1.82) is 5.26 Å². The average molecular weight is 2100 g/mol. The number of alkyl halides is 12. The van der Waals surface area contributed by atoms with Crippen LogP contribution in [0.25, 0.3) is 44.5 Å². The van der Waals surface area contributed by atoms with Crippen LogP contribution in [0.2, 0.25) is 0 Å². The number of benzene rings is 9. The third-order valence-corrected chi connectivity index (χ3v) is 26.5. The minimum atomic E-state index is -4.62. The number of carbonyl (C=O) groups excluding carboxylic acids is 4. The van der Waals surface area contributed by atoms with E-state index in [4.69, 9.17) is 43.2 Å². The molecule has 8 atom stereocenters. The molecule has 0 spiro atoms. The van der Waals surface area contributed by atoms with Crippen LogP contribution in [-0.2, 0) is 76.4 Å². The summed E-state index contributed by atoms with van der Waals surface area (Å²) in [6, 6.07) is 38.2. The van der Waals surface area contributed by atoms with Gasteiger partial charge >= 0.3 is 49.1 Å². The first-order chi connectivity index (χ1) is 70.6. The summed E-state index contributed by atoms with van der Waals surface area (Å²) in [6.07, 6.45) is -16.8. The van der Waals surface area contributed by atoms with Gasteiger partial charge in [0, 0.05) is 89.4 Å². The minimum Gasteiger partial charge on any atom is -0.619 e. The van der Waals surface area contributed by atoms with Gasteiger partial charge in [-0.1, -0.05) is 104 Å². The number of nitrogens with one attached hydrogen (secondary N) is 1. The molecule has 4 fully saturated rings. The zero-order valence-electron chi connectivity index (χ0n) is 84.9. The molecule has 3 aromatic heterocycles. The minimum absolute atomic E-state index is 0.134. The van der Waals surface area contributed by atoms with E-state index in [1.54, 1.807) is 71.1 Å². The number of ether oxygens (including phenoxy) is 8. The molecule has 0 saturated carbocycles. The third-order valence-electron chi connectivity index (χ3n) is 26.5. The van der Waals surface area contributed by atoms with E-state index in [0.717, 1.165) is 59.7 Å². The van der Waals surface area contributed by atoms with Gasteiger partial charge in [-0.05, 0) is 234 Å². The van der Waals surface area contributed by atoms with E-state index < -0.39 is 143 Å². The van der Waals surface area contributed by atoms with E-state index in [-0.39, 0.29) is 101 Å². The summed E-state index contributed by atoms with van der Waals surface area (Å²) in [4.78, 5) is 69.9. The smallest absolute Gasteiger partial charge is 0.416 e. The zero-order valence-corrected chi connectivity index (χ0v) is 84.9. The number of H-pyrrole nitrogens is 1. The molecule has 7 heterocycles. The van der Waals surface area contributed by atoms with Crippen molar-refractivity contribution in [3.63, 3.8) is 0 Å². The maximum atomic E-state index is 14.7. The lowest BCUT2D eigenvalue weighted by Crippen LogP contribution is -2.32. The third kappa shape index (κ3) is 25.0. The Balaban J connectivity index is 0.000000167. The van der Waals surface area contributed by atoms with Crippen molar-refractivity contribution in [2.24, 2.45) is 0 Å². The van der Waals surface area contributed by atoms with Crippen LogP contribution in [0, 0.1) is 39.8 Å². The van der Waals surface area contributed by atoms with Crippen molar-refractivity contribution in [1.82, 2.24) is 39.5 Å². The SMILES string of the molecule is COc1cc(F)c(C(C)C)cc1-c1ccc(C(F)(F)F)cc1CN1C(=O)O[C@H](c2cc[n+]([O-])cc2)[C@@H]1C.COc1cc(F)c(C(C)C)cc1-c1ccc(C(F)(F)F)cc1CN1C(=O)O[C@H](c2cccc(CN(C)C)c2)[C@@H]1C.COc1cc(F)c(C(C)C)cc1-c1ccc(C(F)(F)F)cc1CN1C(=O)O[C@H](c2ccnc(C#N)c2)[C@@H]1C.COc1cc(F)c(C(C)C)cc1-c1ccc(C(F)(F)F)cc1CN1C(=O)O[C@H](c2ncc[nH]2)[C@@H]1C. The van der Waals surface area contributed by atoms with Crippen molar-refractivity contribution in [2.45, 2.75) is 213 Å². The van der Waals surface area contributed by atoms with Crippen molar-refractivity contribution >= 4 is 24.4 Å². The maximum absolute atomic E-state index is 14.7. The van der Waals surface area contributed by atoms with Gasteiger partial charge in [-0.2, -0.15) is 62.7 Å². The molecule has 4 saturated heterocycles. The predicted octanol–water partition coefficient (Wildman–Crippen LogP) is 27.6. The summed E-state index contributed by atoms with van der Waals surface area (Å²) in [5.74, 6) is -1.47. The lowest BCUT2D eigenvalue weighted by molar-refractivity contribution is -0.605. The van der Waals surface area contributed by atoms with Crippen LogP contribution in [0.4, 0.5) is 89.4 Å². The Morgan fingerprint density at radius 2 is 0.693 bits per heavy atom. The lowest BCUT2D eigenvalue weighted by atomic mass is 9.92. The van der Waals surface area contributed by atoms with E-state index >= 15 is 0 Å². The van der Waals surface area contributed by atoms with Crippen LogP contribution in [0.3, 0.4) is 0 Å². The van der Waals surface area contributed by atoms with Gasteiger partial charge in [0.15, 0.2) is 18.5 Å². The fourth-order valence-electron chi connectivity index (χ4n) is 18.5. The van der Waals surface area contributed by atoms with E-state index in [2.05, 4.69) is 15.0 Å². The van der Waals surface area contributed by atoms with E-state index in [1.807, 2.05) is 97.8 Å². The summed E-state index contributed by atoms with van der Waals surface area (Å²) in [7, 11) is 9.37.